The first kappa shape index (κ1) is 13.7. The summed E-state index contributed by atoms with van der Waals surface area (Å²) in [7, 11) is 0. The zero-order chi connectivity index (χ0) is 13.1. The Balaban J connectivity index is 2.00. The Kier molecular flexibility index (Phi) is 4.51. The van der Waals surface area contributed by atoms with E-state index in [0.717, 1.165) is 17.0 Å². The van der Waals surface area contributed by atoms with E-state index in [1.165, 1.54) is 0 Å². The van der Waals surface area contributed by atoms with Gasteiger partial charge in [-0.25, -0.2) is 0 Å². The van der Waals surface area contributed by atoms with Crippen LogP contribution in [0.4, 0.5) is 0 Å². The summed E-state index contributed by atoms with van der Waals surface area (Å²) in [6.07, 6.45) is 0. The fraction of sp³-hybridized carbons (Fsp3) is 0.250. The van der Waals surface area contributed by atoms with E-state index < -0.39 is 0 Å². The Morgan fingerprint density at radius 3 is 2.56 bits per heavy atom. The molecule has 2 rings (SSSR count). The van der Waals surface area contributed by atoms with Crippen molar-refractivity contribution in [3.05, 3.63) is 50.3 Å². The van der Waals surface area contributed by atoms with Crippen molar-refractivity contribution in [1.82, 2.24) is 10.5 Å². The van der Waals surface area contributed by atoms with Gasteiger partial charge in [0, 0.05) is 23.2 Å². The Labute approximate surface area is 120 Å². The fourth-order valence-corrected chi connectivity index (χ4v) is 2.22. The number of aromatic nitrogens is 1. The van der Waals surface area contributed by atoms with Crippen molar-refractivity contribution in [1.29, 1.82) is 0 Å². The number of rotatable bonds is 4. The zero-order valence-electron chi connectivity index (χ0n) is 9.64. The van der Waals surface area contributed by atoms with E-state index in [1.807, 2.05) is 13.0 Å². The van der Waals surface area contributed by atoms with E-state index in [-0.39, 0.29) is 0 Å². The highest BCUT2D eigenvalue weighted by Crippen LogP contribution is 2.31. The lowest BCUT2D eigenvalue weighted by Crippen LogP contribution is -2.13. The molecule has 0 aliphatic heterocycles. The number of aryl methyl sites for hydroxylation is 1. The molecule has 0 unspecified atom stereocenters. The second kappa shape index (κ2) is 5.93. The molecule has 0 spiro atoms. The molecule has 0 aliphatic carbocycles. The van der Waals surface area contributed by atoms with Crippen LogP contribution in [0.5, 0.6) is 0 Å². The molecule has 18 heavy (non-hydrogen) atoms. The Bertz CT molecular complexity index is 554. The summed E-state index contributed by atoms with van der Waals surface area (Å²) in [4.78, 5) is 0. The van der Waals surface area contributed by atoms with Gasteiger partial charge in [0.15, 0.2) is 5.76 Å². The standard InChI is InChI=1S/C12H11Cl3N2O/c1-7-4-8(18-17-7)5-16-6-9-10(13)2-3-11(14)12(9)15/h2-4,16H,5-6H2,1H3. The van der Waals surface area contributed by atoms with Gasteiger partial charge in [-0.05, 0) is 19.1 Å². The van der Waals surface area contributed by atoms with Gasteiger partial charge >= 0.3 is 0 Å². The van der Waals surface area contributed by atoms with Gasteiger partial charge in [-0.3, -0.25) is 0 Å². The van der Waals surface area contributed by atoms with E-state index in [4.69, 9.17) is 39.3 Å². The van der Waals surface area contributed by atoms with Gasteiger partial charge < -0.3 is 9.84 Å². The molecule has 0 saturated heterocycles. The first-order valence-corrected chi connectivity index (χ1v) is 6.46. The van der Waals surface area contributed by atoms with Gasteiger partial charge in [-0.15, -0.1) is 0 Å². The SMILES string of the molecule is Cc1cc(CNCc2c(Cl)ccc(Cl)c2Cl)on1. The fourth-order valence-electron chi connectivity index (χ4n) is 1.54. The zero-order valence-corrected chi connectivity index (χ0v) is 11.9. The van der Waals surface area contributed by atoms with Crippen LogP contribution in [0.3, 0.4) is 0 Å². The molecule has 6 heteroatoms. The third-order valence-corrected chi connectivity index (χ3v) is 3.61. The molecular weight excluding hydrogens is 295 g/mol. The number of hydrogen-bond donors (Lipinski definition) is 1. The summed E-state index contributed by atoms with van der Waals surface area (Å²) in [6.45, 7) is 2.94. The van der Waals surface area contributed by atoms with Gasteiger partial charge in [0.05, 0.1) is 22.3 Å². The first-order chi connectivity index (χ1) is 8.58. The lowest BCUT2D eigenvalue weighted by atomic mass is 10.2. The molecule has 0 fully saturated rings. The van der Waals surface area contributed by atoms with Gasteiger partial charge in [-0.1, -0.05) is 40.0 Å². The maximum Gasteiger partial charge on any atom is 0.150 e. The smallest absolute Gasteiger partial charge is 0.150 e. The largest absolute Gasteiger partial charge is 0.360 e. The minimum Gasteiger partial charge on any atom is -0.360 e. The molecule has 0 amide bonds. The van der Waals surface area contributed by atoms with Crippen molar-refractivity contribution < 1.29 is 4.52 Å². The lowest BCUT2D eigenvalue weighted by Gasteiger charge is -2.08. The predicted octanol–water partition coefficient (Wildman–Crippen LogP) is 4.23. The number of nitrogens with one attached hydrogen (secondary N) is 1. The van der Waals surface area contributed by atoms with Crippen molar-refractivity contribution in [2.75, 3.05) is 0 Å². The predicted molar refractivity (Wildman–Crippen MR) is 73.3 cm³/mol. The van der Waals surface area contributed by atoms with Crippen molar-refractivity contribution in [2.45, 2.75) is 20.0 Å². The average Bonchev–Trinajstić information content (AvgIpc) is 2.74. The van der Waals surface area contributed by atoms with Crippen molar-refractivity contribution >= 4 is 34.8 Å². The van der Waals surface area contributed by atoms with E-state index in [2.05, 4.69) is 10.5 Å². The normalized spacial score (nSPS) is 10.9. The maximum absolute atomic E-state index is 6.09. The molecule has 0 bridgehead atoms. The number of benzene rings is 1. The monoisotopic (exact) mass is 304 g/mol. The molecule has 2 aromatic rings. The highest BCUT2D eigenvalue weighted by molar-refractivity contribution is 6.44. The quantitative estimate of drug-likeness (QED) is 0.859. The van der Waals surface area contributed by atoms with E-state index in [0.29, 0.717) is 28.2 Å². The van der Waals surface area contributed by atoms with Gasteiger partial charge in [0.1, 0.15) is 0 Å². The van der Waals surface area contributed by atoms with Crippen LogP contribution < -0.4 is 5.32 Å². The van der Waals surface area contributed by atoms with Crippen LogP contribution in [-0.4, -0.2) is 5.16 Å². The first-order valence-electron chi connectivity index (χ1n) is 5.33. The average molecular weight is 306 g/mol. The minimum absolute atomic E-state index is 0.477. The van der Waals surface area contributed by atoms with E-state index in [9.17, 15) is 0 Å². The minimum atomic E-state index is 0.477. The number of halogens is 3. The molecule has 0 saturated carbocycles. The summed E-state index contributed by atoms with van der Waals surface area (Å²) < 4.78 is 5.08. The number of hydrogen-bond acceptors (Lipinski definition) is 3. The third-order valence-electron chi connectivity index (χ3n) is 2.42. The molecule has 96 valence electrons. The van der Waals surface area contributed by atoms with Gasteiger partial charge in [0.25, 0.3) is 0 Å². The van der Waals surface area contributed by atoms with Crippen LogP contribution in [0.2, 0.25) is 15.1 Å². The van der Waals surface area contributed by atoms with Crippen LogP contribution in [0.1, 0.15) is 17.0 Å². The molecule has 1 aromatic heterocycles. The van der Waals surface area contributed by atoms with E-state index >= 15 is 0 Å². The topological polar surface area (TPSA) is 38.1 Å². The van der Waals surface area contributed by atoms with Crippen LogP contribution in [-0.2, 0) is 13.1 Å². The van der Waals surface area contributed by atoms with Crippen molar-refractivity contribution in [3.8, 4) is 0 Å². The summed E-state index contributed by atoms with van der Waals surface area (Å²) >= 11 is 18.1. The van der Waals surface area contributed by atoms with Crippen LogP contribution in [0.15, 0.2) is 22.7 Å². The highest BCUT2D eigenvalue weighted by Gasteiger charge is 2.09. The molecule has 3 nitrogen and oxygen atoms in total. The molecule has 1 heterocycles. The second-order valence-corrected chi connectivity index (χ2v) is 5.05. The molecule has 1 aromatic carbocycles. The Hall–Kier alpha value is -0.740. The summed E-state index contributed by atoms with van der Waals surface area (Å²) in [6, 6.07) is 5.27. The third kappa shape index (κ3) is 3.18. The molecule has 0 atom stereocenters. The molecular formula is C12H11Cl3N2O. The molecule has 1 N–H and O–H groups in total. The van der Waals surface area contributed by atoms with Crippen LogP contribution in [0, 0.1) is 6.92 Å². The molecule has 0 radical (unpaired) electrons. The lowest BCUT2D eigenvalue weighted by molar-refractivity contribution is 0.369. The van der Waals surface area contributed by atoms with Gasteiger partial charge in [-0.2, -0.15) is 0 Å². The van der Waals surface area contributed by atoms with Crippen molar-refractivity contribution in [3.63, 3.8) is 0 Å². The molecule has 0 aliphatic rings. The highest BCUT2D eigenvalue weighted by atomic mass is 35.5. The second-order valence-electron chi connectivity index (χ2n) is 3.86. The maximum atomic E-state index is 6.09. The number of nitrogens with zero attached hydrogens (tertiary/aromatic N) is 1. The van der Waals surface area contributed by atoms with E-state index in [1.54, 1.807) is 12.1 Å². The summed E-state index contributed by atoms with van der Waals surface area (Å²) in [5, 5.41) is 8.54. The Morgan fingerprint density at radius 1 is 1.17 bits per heavy atom. The Morgan fingerprint density at radius 2 is 1.89 bits per heavy atom. The van der Waals surface area contributed by atoms with Crippen LogP contribution >= 0.6 is 34.8 Å². The van der Waals surface area contributed by atoms with Crippen molar-refractivity contribution in [2.24, 2.45) is 0 Å². The summed E-state index contributed by atoms with van der Waals surface area (Å²) in [5.41, 5.74) is 1.63. The van der Waals surface area contributed by atoms with Crippen LogP contribution in [0.25, 0.3) is 0 Å². The summed E-state index contributed by atoms with van der Waals surface area (Å²) in [5.74, 6) is 0.766. The van der Waals surface area contributed by atoms with Gasteiger partial charge in [0.2, 0.25) is 0 Å².